The fraction of sp³-hybridized carbons (Fsp3) is 0.333. The van der Waals surface area contributed by atoms with Crippen LogP contribution in [-0.2, 0) is 19.5 Å². The summed E-state index contributed by atoms with van der Waals surface area (Å²) in [7, 11) is 0. The summed E-state index contributed by atoms with van der Waals surface area (Å²) in [4.78, 5) is 12.5. The Morgan fingerprint density at radius 3 is 3.13 bits per heavy atom. The number of aromatic nitrogens is 2. The Bertz CT molecular complexity index is 706. The van der Waals surface area contributed by atoms with Crippen molar-refractivity contribution in [2.75, 3.05) is 6.61 Å². The summed E-state index contributed by atoms with van der Waals surface area (Å²) in [6.07, 6.45) is 6.54. The van der Waals surface area contributed by atoms with Gasteiger partial charge in [0.2, 0.25) is 0 Å². The lowest BCUT2D eigenvalue weighted by Gasteiger charge is -2.15. The minimum atomic E-state index is -0.0772. The van der Waals surface area contributed by atoms with Gasteiger partial charge in [-0.05, 0) is 25.3 Å². The van der Waals surface area contributed by atoms with Crippen molar-refractivity contribution in [3.05, 3.63) is 59.9 Å². The van der Waals surface area contributed by atoms with Gasteiger partial charge in [-0.25, -0.2) is 0 Å². The molecule has 2 heterocycles. The van der Waals surface area contributed by atoms with Crippen LogP contribution in [0.5, 0.6) is 5.75 Å². The number of hydrogen-bond acceptors (Lipinski definition) is 3. The third kappa shape index (κ3) is 3.44. The first-order chi connectivity index (χ1) is 11.3. The van der Waals surface area contributed by atoms with Gasteiger partial charge in [-0.3, -0.25) is 9.48 Å². The first-order valence-electron chi connectivity index (χ1n) is 7.94. The predicted molar refractivity (Wildman–Crippen MR) is 88.5 cm³/mol. The van der Waals surface area contributed by atoms with Gasteiger partial charge in [0.25, 0.3) is 5.91 Å². The Labute approximate surface area is 136 Å². The van der Waals surface area contributed by atoms with Crippen molar-refractivity contribution < 1.29 is 9.53 Å². The van der Waals surface area contributed by atoms with Crippen LogP contribution in [0, 0.1) is 0 Å². The zero-order chi connectivity index (χ0) is 16.1. The molecule has 1 aromatic heterocycles. The summed E-state index contributed by atoms with van der Waals surface area (Å²) in [5.41, 5.74) is 2.68. The monoisotopic (exact) mass is 311 g/mol. The lowest BCUT2D eigenvalue weighted by atomic mass is 10.1. The molecule has 0 unspecified atom stereocenters. The molecule has 0 aliphatic carbocycles. The normalized spacial score (nSPS) is 13.2. The molecule has 0 atom stereocenters. The Balaban J connectivity index is 1.68. The molecule has 120 valence electrons. The molecule has 2 aromatic rings. The summed E-state index contributed by atoms with van der Waals surface area (Å²) in [5.74, 6) is 0.691. The Kier molecular flexibility index (Phi) is 4.76. The Morgan fingerprint density at radius 1 is 1.39 bits per heavy atom. The minimum Gasteiger partial charge on any atom is -0.489 e. The van der Waals surface area contributed by atoms with E-state index in [1.165, 1.54) is 0 Å². The quantitative estimate of drug-likeness (QED) is 0.835. The number of para-hydroxylation sites is 1. The number of nitrogens with zero attached hydrogens (tertiary/aromatic N) is 2. The molecular weight excluding hydrogens is 290 g/mol. The lowest BCUT2D eigenvalue weighted by molar-refractivity contribution is 0.0949. The van der Waals surface area contributed by atoms with E-state index in [9.17, 15) is 4.79 Å². The fourth-order valence-electron chi connectivity index (χ4n) is 2.82. The first-order valence-corrected chi connectivity index (χ1v) is 7.94. The molecule has 1 N–H and O–H groups in total. The summed E-state index contributed by atoms with van der Waals surface area (Å²) in [6.45, 7) is 5.43. The van der Waals surface area contributed by atoms with Crippen LogP contribution in [0.15, 0.2) is 43.1 Å². The van der Waals surface area contributed by atoms with E-state index in [1.54, 1.807) is 12.3 Å². The van der Waals surface area contributed by atoms with Crippen LogP contribution in [0.3, 0.4) is 0 Å². The van der Waals surface area contributed by atoms with Crippen LogP contribution >= 0.6 is 0 Å². The summed E-state index contributed by atoms with van der Waals surface area (Å²) in [6, 6.07) is 7.70. The van der Waals surface area contributed by atoms with Gasteiger partial charge in [-0.15, -0.1) is 0 Å². The number of ether oxygens (including phenoxy) is 1. The fourth-order valence-corrected chi connectivity index (χ4v) is 2.82. The van der Waals surface area contributed by atoms with E-state index in [1.807, 2.05) is 28.9 Å². The van der Waals surface area contributed by atoms with Gasteiger partial charge < -0.3 is 10.1 Å². The largest absolute Gasteiger partial charge is 0.489 e. The highest BCUT2D eigenvalue weighted by molar-refractivity contribution is 5.95. The molecule has 0 saturated carbocycles. The smallest absolute Gasteiger partial charge is 0.255 e. The minimum absolute atomic E-state index is 0.0772. The highest BCUT2D eigenvalue weighted by Crippen LogP contribution is 2.20. The van der Waals surface area contributed by atoms with Crippen LogP contribution in [0.25, 0.3) is 0 Å². The number of aryl methyl sites for hydroxylation is 1. The number of amides is 1. The summed E-state index contributed by atoms with van der Waals surface area (Å²) in [5, 5.41) is 7.28. The molecule has 1 aromatic carbocycles. The third-order valence-electron chi connectivity index (χ3n) is 4.00. The van der Waals surface area contributed by atoms with Gasteiger partial charge in [0.1, 0.15) is 12.4 Å². The molecular formula is C18H21N3O2. The molecule has 0 spiro atoms. The van der Waals surface area contributed by atoms with E-state index in [4.69, 9.17) is 4.74 Å². The van der Waals surface area contributed by atoms with Crippen molar-refractivity contribution >= 4 is 5.91 Å². The van der Waals surface area contributed by atoms with Crippen molar-refractivity contribution in [1.29, 1.82) is 0 Å². The average Bonchev–Trinajstić information content (AvgIpc) is 3.02. The predicted octanol–water partition coefficient (Wildman–Crippen LogP) is 2.71. The Morgan fingerprint density at radius 2 is 2.26 bits per heavy atom. The number of nitrogens with one attached hydrogen (secondary N) is 1. The van der Waals surface area contributed by atoms with Crippen molar-refractivity contribution in [3.63, 3.8) is 0 Å². The molecule has 1 amide bonds. The van der Waals surface area contributed by atoms with Gasteiger partial charge in [0, 0.05) is 18.7 Å². The van der Waals surface area contributed by atoms with Gasteiger partial charge in [0.05, 0.1) is 17.5 Å². The molecule has 1 aliphatic rings. The molecule has 0 fully saturated rings. The van der Waals surface area contributed by atoms with E-state index in [-0.39, 0.29) is 5.91 Å². The molecule has 5 nitrogen and oxygen atoms in total. The SMILES string of the molecule is C=CCOc1ccccc1CNC(=O)c1cnn2c1CCCC2. The van der Waals surface area contributed by atoms with Crippen LogP contribution in [0.4, 0.5) is 0 Å². The van der Waals surface area contributed by atoms with Crippen LogP contribution in [0.2, 0.25) is 0 Å². The van der Waals surface area contributed by atoms with E-state index in [2.05, 4.69) is 17.0 Å². The maximum absolute atomic E-state index is 12.5. The summed E-state index contributed by atoms with van der Waals surface area (Å²) < 4.78 is 7.56. The van der Waals surface area contributed by atoms with Gasteiger partial charge in [-0.1, -0.05) is 30.9 Å². The van der Waals surface area contributed by atoms with Gasteiger partial charge in [0.15, 0.2) is 0 Å². The highest BCUT2D eigenvalue weighted by atomic mass is 16.5. The molecule has 0 saturated heterocycles. The topological polar surface area (TPSA) is 56.1 Å². The Hall–Kier alpha value is -2.56. The van der Waals surface area contributed by atoms with E-state index in [0.717, 1.165) is 42.8 Å². The van der Waals surface area contributed by atoms with Crippen molar-refractivity contribution in [2.24, 2.45) is 0 Å². The summed E-state index contributed by atoms with van der Waals surface area (Å²) >= 11 is 0. The maximum atomic E-state index is 12.5. The number of carbonyl (C=O) groups is 1. The molecule has 0 bridgehead atoms. The van der Waals surface area contributed by atoms with Crippen molar-refractivity contribution in [1.82, 2.24) is 15.1 Å². The molecule has 5 heteroatoms. The van der Waals surface area contributed by atoms with E-state index in [0.29, 0.717) is 18.7 Å². The lowest BCUT2D eigenvalue weighted by Crippen LogP contribution is -2.25. The first kappa shape index (κ1) is 15.3. The highest BCUT2D eigenvalue weighted by Gasteiger charge is 2.19. The standard InChI is InChI=1S/C18H21N3O2/c1-2-11-23-17-9-4-3-7-14(17)12-19-18(22)15-13-20-21-10-6-5-8-16(15)21/h2-4,7,9,13H,1,5-6,8,10-12H2,(H,19,22). The molecule has 3 rings (SSSR count). The van der Waals surface area contributed by atoms with Gasteiger partial charge in [-0.2, -0.15) is 5.10 Å². The second-order valence-corrected chi connectivity index (χ2v) is 5.58. The van der Waals surface area contributed by atoms with Gasteiger partial charge >= 0.3 is 0 Å². The van der Waals surface area contributed by atoms with Crippen molar-refractivity contribution in [3.8, 4) is 5.75 Å². The number of hydrogen-bond donors (Lipinski definition) is 1. The van der Waals surface area contributed by atoms with Crippen LogP contribution in [0.1, 0.15) is 34.5 Å². The van der Waals surface area contributed by atoms with E-state index >= 15 is 0 Å². The van der Waals surface area contributed by atoms with Crippen LogP contribution in [-0.4, -0.2) is 22.3 Å². The number of fused-ring (bicyclic) bond motifs is 1. The average molecular weight is 311 g/mol. The number of carbonyl (C=O) groups excluding carboxylic acids is 1. The second-order valence-electron chi connectivity index (χ2n) is 5.58. The van der Waals surface area contributed by atoms with Crippen molar-refractivity contribution in [2.45, 2.75) is 32.4 Å². The number of benzene rings is 1. The third-order valence-corrected chi connectivity index (χ3v) is 4.00. The molecule has 1 aliphatic heterocycles. The number of rotatable bonds is 6. The van der Waals surface area contributed by atoms with E-state index < -0.39 is 0 Å². The molecule has 23 heavy (non-hydrogen) atoms. The molecule has 0 radical (unpaired) electrons. The zero-order valence-electron chi connectivity index (χ0n) is 13.1. The second kappa shape index (κ2) is 7.13. The zero-order valence-corrected chi connectivity index (χ0v) is 13.1. The van der Waals surface area contributed by atoms with Crippen LogP contribution < -0.4 is 10.1 Å². The maximum Gasteiger partial charge on any atom is 0.255 e.